The molecule has 0 spiro atoms. The highest BCUT2D eigenvalue weighted by molar-refractivity contribution is 7.89. The quantitative estimate of drug-likeness (QED) is 0.555. The van der Waals surface area contributed by atoms with Gasteiger partial charge in [-0.3, -0.25) is 9.59 Å². The van der Waals surface area contributed by atoms with Crippen molar-refractivity contribution in [3.8, 4) is 0 Å². The van der Waals surface area contributed by atoms with E-state index in [0.717, 1.165) is 22.5 Å². The molecule has 0 aliphatic carbocycles. The molecule has 2 N–H and O–H groups in total. The molecule has 2 amide bonds. The maximum absolute atomic E-state index is 14.0. The molecule has 1 saturated heterocycles. The lowest BCUT2D eigenvalue weighted by Crippen LogP contribution is -2.53. The van der Waals surface area contributed by atoms with Crippen LogP contribution in [-0.2, 0) is 32.2 Å². The van der Waals surface area contributed by atoms with Crippen molar-refractivity contribution in [2.45, 2.75) is 49.3 Å². The van der Waals surface area contributed by atoms with Crippen LogP contribution in [0.2, 0.25) is 0 Å². The number of rotatable bonds is 7. The van der Waals surface area contributed by atoms with E-state index in [1.54, 1.807) is 6.07 Å². The minimum atomic E-state index is -4.67. The first-order chi connectivity index (χ1) is 16.4. The van der Waals surface area contributed by atoms with Gasteiger partial charge >= 0.3 is 6.18 Å². The van der Waals surface area contributed by atoms with Crippen molar-refractivity contribution in [2.24, 2.45) is 0 Å². The largest absolute Gasteiger partial charge is 0.416 e. The van der Waals surface area contributed by atoms with Gasteiger partial charge in [-0.15, -0.1) is 0 Å². The van der Waals surface area contributed by atoms with Crippen molar-refractivity contribution in [3.05, 3.63) is 65.5 Å². The molecule has 1 aliphatic heterocycles. The molecule has 0 unspecified atom stereocenters. The van der Waals surface area contributed by atoms with E-state index >= 15 is 0 Å². The van der Waals surface area contributed by atoms with Gasteiger partial charge in [0, 0.05) is 32.5 Å². The van der Waals surface area contributed by atoms with E-state index in [1.807, 2.05) is 0 Å². The van der Waals surface area contributed by atoms with Gasteiger partial charge in [-0.2, -0.15) is 17.5 Å². The molecule has 1 atom stereocenters. The summed E-state index contributed by atoms with van der Waals surface area (Å²) >= 11 is 0. The summed E-state index contributed by atoms with van der Waals surface area (Å²) in [6.45, 7) is 1.21. The van der Waals surface area contributed by atoms with Crippen molar-refractivity contribution < 1.29 is 35.6 Å². The second kappa shape index (κ2) is 10.7. The maximum atomic E-state index is 14.0. The molecule has 0 saturated carbocycles. The summed E-state index contributed by atoms with van der Waals surface area (Å²) in [5, 5.41) is 5.26. The highest BCUT2D eigenvalue weighted by Gasteiger charge is 2.35. The summed E-state index contributed by atoms with van der Waals surface area (Å²) in [7, 11) is -4.15. The number of nitrogens with zero attached hydrogens (tertiary/aromatic N) is 1. The molecule has 7 nitrogen and oxygen atoms in total. The Morgan fingerprint density at radius 2 is 1.74 bits per heavy atom. The molecule has 1 heterocycles. The number of amides is 2. The smallest absolute Gasteiger partial charge is 0.351 e. The summed E-state index contributed by atoms with van der Waals surface area (Å²) in [5.74, 6) is -1.52. The average Bonchev–Trinajstić information content (AvgIpc) is 2.79. The van der Waals surface area contributed by atoms with Crippen molar-refractivity contribution in [1.82, 2.24) is 14.9 Å². The fourth-order valence-corrected chi connectivity index (χ4v) is 5.38. The van der Waals surface area contributed by atoms with E-state index in [-0.39, 0.29) is 37.9 Å². The Morgan fingerprint density at radius 1 is 1.09 bits per heavy atom. The molecule has 1 fully saturated rings. The van der Waals surface area contributed by atoms with Gasteiger partial charge in [0.15, 0.2) is 0 Å². The number of hydrogen-bond donors (Lipinski definition) is 2. The highest BCUT2D eigenvalue weighted by Crippen LogP contribution is 2.31. The number of carbonyl (C=O) groups is 2. The number of piperidine rings is 1. The minimum Gasteiger partial charge on any atom is -0.351 e. The SMILES string of the molecule is CC(=O)N[C@@H](Cc1ccccc1F)C(=O)NC1CCN(S(=O)(=O)c2cccc(C(F)(F)F)c2)CC1. The topological polar surface area (TPSA) is 95.6 Å². The van der Waals surface area contributed by atoms with E-state index < -0.39 is 56.4 Å². The van der Waals surface area contributed by atoms with E-state index in [9.17, 15) is 35.6 Å². The van der Waals surface area contributed by atoms with Gasteiger partial charge in [0.05, 0.1) is 10.5 Å². The Morgan fingerprint density at radius 3 is 2.34 bits per heavy atom. The van der Waals surface area contributed by atoms with Crippen molar-refractivity contribution in [2.75, 3.05) is 13.1 Å². The highest BCUT2D eigenvalue weighted by atomic mass is 32.2. The predicted molar refractivity (Wildman–Crippen MR) is 119 cm³/mol. The van der Waals surface area contributed by atoms with Crippen molar-refractivity contribution in [3.63, 3.8) is 0 Å². The Bertz CT molecular complexity index is 1180. The molecular formula is C23H25F4N3O4S. The number of hydrogen-bond acceptors (Lipinski definition) is 4. The summed E-state index contributed by atoms with van der Waals surface area (Å²) in [5.41, 5.74) is -0.803. The molecule has 190 valence electrons. The van der Waals surface area contributed by atoms with E-state index in [0.29, 0.717) is 6.07 Å². The van der Waals surface area contributed by atoms with Crippen LogP contribution in [-0.4, -0.2) is 49.7 Å². The van der Waals surface area contributed by atoms with Gasteiger partial charge in [0.1, 0.15) is 11.9 Å². The van der Waals surface area contributed by atoms with E-state index in [4.69, 9.17) is 0 Å². The zero-order chi connectivity index (χ0) is 25.8. The normalized spacial score (nSPS) is 16.5. The second-order valence-corrected chi connectivity index (χ2v) is 10.2. The van der Waals surface area contributed by atoms with Gasteiger partial charge in [0.25, 0.3) is 0 Å². The second-order valence-electron chi connectivity index (χ2n) is 8.26. The molecule has 3 rings (SSSR count). The Kier molecular flexibility index (Phi) is 8.16. The van der Waals surface area contributed by atoms with Crippen LogP contribution < -0.4 is 10.6 Å². The number of nitrogens with one attached hydrogen (secondary N) is 2. The Hall–Kier alpha value is -2.99. The van der Waals surface area contributed by atoms with Crippen LogP contribution in [0.15, 0.2) is 53.4 Å². The van der Waals surface area contributed by atoms with Crippen LogP contribution in [0.1, 0.15) is 30.9 Å². The first-order valence-electron chi connectivity index (χ1n) is 10.9. The summed E-state index contributed by atoms with van der Waals surface area (Å²) in [4.78, 5) is 23.9. The van der Waals surface area contributed by atoms with Gasteiger partial charge in [-0.25, -0.2) is 12.8 Å². The molecule has 35 heavy (non-hydrogen) atoms. The number of sulfonamides is 1. The molecule has 12 heteroatoms. The molecule has 0 aromatic heterocycles. The molecule has 2 aromatic carbocycles. The zero-order valence-corrected chi connectivity index (χ0v) is 19.6. The summed E-state index contributed by atoms with van der Waals surface area (Å²) in [6, 6.07) is 7.98. The monoisotopic (exact) mass is 515 g/mol. The lowest BCUT2D eigenvalue weighted by molar-refractivity contribution is -0.137. The Balaban J connectivity index is 1.64. The predicted octanol–water partition coefficient (Wildman–Crippen LogP) is 2.86. The minimum absolute atomic E-state index is 0.0123. The molecule has 1 aliphatic rings. The lowest BCUT2D eigenvalue weighted by atomic mass is 10.0. The molecular weight excluding hydrogens is 490 g/mol. The third-order valence-corrected chi connectivity index (χ3v) is 7.57. The van der Waals surface area contributed by atoms with Crippen LogP contribution in [0, 0.1) is 5.82 Å². The average molecular weight is 516 g/mol. The van der Waals surface area contributed by atoms with E-state index in [1.165, 1.54) is 25.1 Å². The number of carbonyl (C=O) groups excluding carboxylic acids is 2. The van der Waals surface area contributed by atoms with Crippen LogP contribution in [0.4, 0.5) is 17.6 Å². The third-order valence-electron chi connectivity index (χ3n) is 5.68. The molecule has 2 aromatic rings. The number of halogens is 4. The van der Waals surface area contributed by atoms with E-state index in [2.05, 4.69) is 10.6 Å². The number of alkyl halides is 3. The van der Waals surface area contributed by atoms with Gasteiger partial charge in [-0.1, -0.05) is 24.3 Å². The van der Waals surface area contributed by atoms with Gasteiger partial charge in [-0.05, 0) is 42.7 Å². The fourth-order valence-electron chi connectivity index (χ4n) is 3.86. The standard InChI is InChI=1S/C23H25F4N3O4S/c1-15(31)28-21(13-16-5-2-3-8-20(16)24)22(32)29-18-9-11-30(12-10-18)35(33,34)19-7-4-6-17(14-19)23(25,26)27/h2-8,14,18,21H,9-13H2,1H3,(H,28,31)(H,29,32)/t21-/m0/s1. The molecule has 0 radical (unpaired) electrons. The summed E-state index contributed by atoms with van der Waals surface area (Å²) in [6.07, 6.45) is -4.30. The Labute approximate surface area is 200 Å². The van der Waals surface area contributed by atoms with Crippen LogP contribution in [0.25, 0.3) is 0 Å². The van der Waals surface area contributed by atoms with Crippen molar-refractivity contribution >= 4 is 21.8 Å². The first-order valence-corrected chi connectivity index (χ1v) is 12.3. The maximum Gasteiger partial charge on any atom is 0.416 e. The van der Waals surface area contributed by atoms with Crippen molar-refractivity contribution in [1.29, 1.82) is 0 Å². The van der Waals surface area contributed by atoms with Crippen LogP contribution in [0.5, 0.6) is 0 Å². The van der Waals surface area contributed by atoms with Gasteiger partial charge in [0.2, 0.25) is 21.8 Å². The fraction of sp³-hybridized carbons (Fsp3) is 0.391. The lowest BCUT2D eigenvalue weighted by Gasteiger charge is -2.32. The molecule has 0 bridgehead atoms. The third kappa shape index (κ3) is 6.79. The number of benzene rings is 2. The first kappa shape index (κ1) is 26.6. The van der Waals surface area contributed by atoms with Crippen LogP contribution in [0.3, 0.4) is 0 Å². The summed E-state index contributed by atoms with van der Waals surface area (Å²) < 4.78 is 79.7. The van der Waals surface area contributed by atoms with Gasteiger partial charge < -0.3 is 10.6 Å². The zero-order valence-electron chi connectivity index (χ0n) is 18.8. The van der Waals surface area contributed by atoms with Crippen LogP contribution >= 0.6 is 0 Å².